The van der Waals surface area contributed by atoms with E-state index in [1.54, 1.807) is 0 Å². The summed E-state index contributed by atoms with van der Waals surface area (Å²) in [5, 5.41) is 0. The zero-order valence-corrected chi connectivity index (χ0v) is 13.4. The molecule has 2 bridgehead atoms. The van der Waals surface area contributed by atoms with Crippen LogP contribution in [-0.2, 0) is 0 Å². The van der Waals surface area contributed by atoms with Crippen LogP contribution < -0.4 is 0 Å². The van der Waals surface area contributed by atoms with Crippen LogP contribution in [0.2, 0.25) is 0 Å². The average Bonchev–Trinajstić information content (AvgIpc) is 2.77. The molecular weight excluding hydrogens is 314 g/mol. The van der Waals surface area contributed by atoms with Gasteiger partial charge in [0.25, 0.3) is 0 Å². The van der Waals surface area contributed by atoms with E-state index in [2.05, 4.69) is 20.8 Å². The zero-order chi connectivity index (χ0) is 13.9. The van der Waals surface area contributed by atoms with Gasteiger partial charge in [-0.2, -0.15) is 0 Å². The molecule has 0 N–H and O–H groups in total. The van der Waals surface area contributed by atoms with Crippen molar-refractivity contribution in [3.05, 3.63) is 34.3 Å². The maximum Gasteiger partial charge on any atom is 0.164 e. The van der Waals surface area contributed by atoms with Gasteiger partial charge in [-0.25, -0.2) is 0 Å². The van der Waals surface area contributed by atoms with Crippen molar-refractivity contribution in [1.29, 1.82) is 0 Å². The van der Waals surface area contributed by atoms with Gasteiger partial charge >= 0.3 is 0 Å². The summed E-state index contributed by atoms with van der Waals surface area (Å²) >= 11 is 3.43. The molecular formula is C17H22BrNO. The molecule has 2 saturated heterocycles. The van der Waals surface area contributed by atoms with Gasteiger partial charge in [0.05, 0.1) is 0 Å². The van der Waals surface area contributed by atoms with Crippen molar-refractivity contribution >= 4 is 21.7 Å². The molecule has 2 heterocycles. The Labute approximate surface area is 129 Å². The van der Waals surface area contributed by atoms with Crippen LogP contribution >= 0.6 is 15.9 Å². The Morgan fingerprint density at radius 3 is 2.40 bits per heavy atom. The van der Waals surface area contributed by atoms with Crippen LogP contribution in [0.4, 0.5) is 0 Å². The predicted molar refractivity (Wildman–Crippen MR) is 85.0 cm³/mol. The van der Waals surface area contributed by atoms with Crippen LogP contribution in [0.15, 0.2) is 28.7 Å². The molecule has 2 nitrogen and oxygen atoms in total. The lowest BCUT2D eigenvalue weighted by Crippen LogP contribution is -2.30. The Morgan fingerprint density at radius 2 is 1.80 bits per heavy atom. The fraction of sp³-hybridized carbons (Fsp3) is 0.588. The number of halogens is 1. The van der Waals surface area contributed by atoms with E-state index in [4.69, 9.17) is 0 Å². The number of Topliss-reactive ketones (excluding diaryl/α,β-unsaturated/α-hetero) is 1. The molecule has 1 saturated carbocycles. The first-order valence-corrected chi connectivity index (χ1v) is 8.51. The van der Waals surface area contributed by atoms with Gasteiger partial charge in [-0.3, -0.25) is 4.79 Å². The van der Waals surface area contributed by atoms with Crippen molar-refractivity contribution in [2.24, 2.45) is 11.8 Å². The first-order valence-electron chi connectivity index (χ1n) is 7.72. The average molecular weight is 336 g/mol. The lowest BCUT2D eigenvalue weighted by atomic mass is 9.84. The maximum atomic E-state index is 12.3. The largest absolute Gasteiger partial charge is 0.302 e. The molecule has 3 fully saturated rings. The van der Waals surface area contributed by atoms with E-state index in [-0.39, 0.29) is 5.78 Å². The summed E-state index contributed by atoms with van der Waals surface area (Å²) < 4.78 is 0.983. The monoisotopic (exact) mass is 335 g/mol. The molecule has 0 amide bonds. The standard InChI is InChI=1S/C17H22BrNO/c18-16-3-1-2-15(10-16)17(20)8-9-19-11-13-4-5-14(12-19)7-6-13/h1-3,10,13-14H,4-9,11-12H2. The summed E-state index contributed by atoms with van der Waals surface area (Å²) in [4.78, 5) is 14.8. The summed E-state index contributed by atoms with van der Waals surface area (Å²) in [5.74, 6) is 2.03. The number of rotatable bonds is 4. The molecule has 0 atom stereocenters. The van der Waals surface area contributed by atoms with Crippen LogP contribution in [0.5, 0.6) is 0 Å². The molecule has 0 aromatic heterocycles. The Morgan fingerprint density at radius 1 is 1.15 bits per heavy atom. The van der Waals surface area contributed by atoms with E-state index in [0.717, 1.165) is 28.4 Å². The Bertz CT molecular complexity index is 466. The molecule has 1 aromatic carbocycles. The summed E-state index contributed by atoms with van der Waals surface area (Å²) in [5.41, 5.74) is 0.831. The summed E-state index contributed by atoms with van der Waals surface area (Å²) in [7, 11) is 0. The first-order chi connectivity index (χ1) is 9.70. The molecule has 0 unspecified atom stereocenters. The molecule has 0 radical (unpaired) electrons. The topological polar surface area (TPSA) is 20.3 Å². The summed E-state index contributed by atoms with van der Waals surface area (Å²) in [6, 6.07) is 7.74. The minimum absolute atomic E-state index is 0.267. The number of fused-ring (bicyclic) bond motifs is 4. The van der Waals surface area contributed by atoms with E-state index in [1.807, 2.05) is 24.3 Å². The highest BCUT2D eigenvalue weighted by molar-refractivity contribution is 9.10. The minimum atomic E-state index is 0.267. The van der Waals surface area contributed by atoms with Crippen molar-refractivity contribution in [1.82, 2.24) is 4.90 Å². The second-order valence-corrected chi connectivity index (χ2v) is 7.25. The van der Waals surface area contributed by atoms with Crippen molar-refractivity contribution in [2.45, 2.75) is 32.1 Å². The van der Waals surface area contributed by atoms with Gasteiger partial charge in [-0.05, 0) is 49.7 Å². The minimum Gasteiger partial charge on any atom is -0.302 e. The van der Waals surface area contributed by atoms with Crippen LogP contribution in [0.3, 0.4) is 0 Å². The van der Waals surface area contributed by atoms with E-state index in [0.29, 0.717) is 6.42 Å². The molecule has 20 heavy (non-hydrogen) atoms. The van der Waals surface area contributed by atoms with Crippen molar-refractivity contribution in [2.75, 3.05) is 19.6 Å². The van der Waals surface area contributed by atoms with Gasteiger partial charge in [0.15, 0.2) is 5.78 Å². The van der Waals surface area contributed by atoms with Crippen LogP contribution in [-0.4, -0.2) is 30.3 Å². The number of hydrogen-bond donors (Lipinski definition) is 0. The van der Waals surface area contributed by atoms with Gasteiger partial charge in [0.1, 0.15) is 0 Å². The Balaban J connectivity index is 1.55. The number of hydrogen-bond acceptors (Lipinski definition) is 2. The maximum absolute atomic E-state index is 12.3. The highest BCUT2D eigenvalue weighted by Crippen LogP contribution is 2.33. The molecule has 4 rings (SSSR count). The smallest absolute Gasteiger partial charge is 0.164 e. The molecule has 2 aliphatic heterocycles. The third-order valence-corrected chi connectivity index (χ3v) is 5.29. The summed E-state index contributed by atoms with van der Waals surface area (Å²) in [6.07, 6.45) is 6.26. The van der Waals surface area contributed by atoms with Crippen LogP contribution in [0.1, 0.15) is 42.5 Å². The van der Waals surface area contributed by atoms with Gasteiger partial charge in [0.2, 0.25) is 0 Å². The van der Waals surface area contributed by atoms with E-state index in [9.17, 15) is 4.79 Å². The number of nitrogens with zero attached hydrogens (tertiary/aromatic N) is 1. The van der Waals surface area contributed by atoms with Gasteiger partial charge in [-0.15, -0.1) is 0 Å². The fourth-order valence-electron chi connectivity index (χ4n) is 3.65. The van der Waals surface area contributed by atoms with Crippen molar-refractivity contribution < 1.29 is 4.79 Å². The fourth-order valence-corrected chi connectivity index (χ4v) is 4.05. The molecule has 108 valence electrons. The summed E-state index contributed by atoms with van der Waals surface area (Å²) in [6.45, 7) is 3.35. The van der Waals surface area contributed by atoms with Crippen LogP contribution in [0, 0.1) is 11.8 Å². The van der Waals surface area contributed by atoms with Gasteiger partial charge in [0, 0.05) is 36.1 Å². The van der Waals surface area contributed by atoms with Crippen LogP contribution in [0.25, 0.3) is 0 Å². The Kier molecular flexibility index (Phi) is 4.57. The second kappa shape index (κ2) is 6.40. The Hall–Kier alpha value is -0.670. The van der Waals surface area contributed by atoms with E-state index in [1.165, 1.54) is 38.8 Å². The number of ketones is 1. The van der Waals surface area contributed by atoms with Gasteiger partial charge < -0.3 is 4.90 Å². The molecule has 0 spiro atoms. The van der Waals surface area contributed by atoms with E-state index >= 15 is 0 Å². The van der Waals surface area contributed by atoms with Crippen molar-refractivity contribution in [3.63, 3.8) is 0 Å². The SMILES string of the molecule is O=C(CCN1CC2CCC(CC2)C1)c1cccc(Br)c1. The quantitative estimate of drug-likeness (QED) is 0.770. The number of carbonyl (C=O) groups is 1. The van der Waals surface area contributed by atoms with E-state index < -0.39 is 0 Å². The normalized spacial score (nSPS) is 26.4. The van der Waals surface area contributed by atoms with Gasteiger partial charge in [-0.1, -0.05) is 28.1 Å². The molecule has 1 aliphatic carbocycles. The second-order valence-electron chi connectivity index (χ2n) is 6.33. The number of carbonyl (C=O) groups excluding carboxylic acids is 1. The lowest BCUT2D eigenvalue weighted by Gasteiger charge is -2.21. The predicted octanol–water partition coefficient (Wildman–Crippen LogP) is 4.14. The highest BCUT2D eigenvalue weighted by Gasteiger charge is 2.29. The third kappa shape index (κ3) is 3.50. The highest BCUT2D eigenvalue weighted by atomic mass is 79.9. The molecule has 1 aromatic rings. The zero-order valence-electron chi connectivity index (χ0n) is 11.9. The molecule has 3 aliphatic rings. The van der Waals surface area contributed by atoms with Crippen molar-refractivity contribution in [3.8, 4) is 0 Å². The first kappa shape index (κ1) is 14.3. The number of benzene rings is 1. The molecule has 3 heteroatoms. The third-order valence-electron chi connectivity index (χ3n) is 4.80. The lowest BCUT2D eigenvalue weighted by molar-refractivity contribution is 0.0961.